The number of hydrogen-bond donors (Lipinski definition) is 0. The van der Waals surface area contributed by atoms with Crippen LogP contribution < -0.4 is 0 Å². The van der Waals surface area contributed by atoms with Gasteiger partial charge in [-0.25, -0.2) is 0 Å². The van der Waals surface area contributed by atoms with Gasteiger partial charge >= 0.3 is 11.9 Å². The molecule has 0 amide bonds. The van der Waals surface area contributed by atoms with Gasteiger partial charge in [-0.3, -0.25) is 13.8 Å². The molecule has 0 aromatic carbocycles. The van der Waals surface area contributed by atoms with Crippen LogP contribution in [-0.2, 0) is 29.9 Å². The summed E-state index contributed by atoms with van der Waals surface area (Å²) in [6, 6.07) is 0. The van der Waals surface area contributed by atoms with Gasteiger partial charge < -0.3 is 9.47 Å². The quantitative estimate of drug-likeness (QED) is 0.559. The second-order valence-corrected chi connectivity index (χ2v) is 8.62. The fourth-order valence-corrected chi connectivity index (χ4v) is 7.78. The van der Waals surface area contributed by atoms with Gasteiger partial charge in [0.1, 0.15) is 12.2 Å². The summed E-state index contributed by atoms with van der Waals surface area (Å²) in [5, 5.41) is -0.142. The van der Waals surface area contributed by atoms with Crippen LogP contribution in [0.2, 0.25) is 0 Å². The van der Waals surface area contributed by atoms with Crippen LogP contribution in [-0.4, -0.2) is 38.9 Å². The zero-order valence-electron chi connectivity index (χ0n) is 13.5. The van der Waals surface area contributed by atoms with E-state index in [-0.39, 0.29) is 46.1 Å². The first kappa shape index (κ1) is 15.8. The highest BCUT2D eigenvalue weighted by Gasteiger charge is 2.66. The molecule has 2 aliphatic heterocycles. The average Bonchev–Trinajstić information content (AvgIpc) is 2.98. The molecule has 6 heteroatoms. The van der Waals surface area contributed by atoms with Crippen LogP contribution in [0.4, 0.5) is 0 Å². The molecule has 0 spiro atoms. The number of ether oxygens (including phenoxy) is 2. The lowest BCUT2D eigenvalue weighted by Gasteiger charge is -2.44. The molecule has 2 fully saturated rings. The number of carbonyl (C=O) groups is 2. The highest BCUT2D eigenvalue weighted by Crippen LogP contribution is 2.58. The zero-order valence-corrected chi connectivity index (χ0v) is 14.3. The van der Waals surface area contributed by atoms with Crippen LogP contribution in [0.5, 0.6) is 0 Å². The topological polar surface area (TPSA) is 69.7 Å². The average molecular weight is 348 g/mol. The molecule has 0 N–H and O–H groups in total. The van der Waals surface area contributed by atoms with E-state index >= 15 is 0 Å². The van der Waals surface area contributed by atoms with E-state index in [0.29, 0.717) is 0 Å². The van der Waals surface area contributed by atoms with Gasteiger partial charge in [-0.1, -0.05) is 24.3 Å². The standard InChI is InChI=1S/C18H20O5S/c1-9(19)22-13-7-8-14(23-10(2)20)16-15(13)17-11-5-3-4-6-12(11)18(16)24(17)21/h3-8,11-18H,1-2H3/t11?,12?,13?,14?,15?,16?,17-,18-,24?/m0/s1. The molecule has 4 aliphatic rings. The minimum absolute atomic E-state index is 0.0708. The lowest BCUT2D eigenvalue weighted by Crippen LogP contribution is -2.51. The van der Waals surface area contributed by atoms with Crippen molar-refractivity contribution in [3.8, 4) is 0 Å². The molecular weight excluding hydrogens is 328 g/mol. The first-order valence-electron chi connectivity index (χ1n) is 8.26. The molecule has 5 nitrogen and oxygen atoms in total. The molecule has 0 radical (unpaired) electrons. The van der Waals surface area contributed by atoms with E-state index < -0.39 is 23.0 Å². The number of carbonyl (C=O) groups excluding carboxylic acids is 2. The Balaban J connectivity index is 1.74. The normalized spacial score (nSPS) is 47.2. The van der Waals surface area contributed by atoms with E-state index in [2.05, 4.69) is 12.2 Å². The number of esters is 2. The van der Waals surface area contributed by atoms with Crippen LogP contribution in [0.15, 0.2) is 36.5 Å². The summed E-state index contributed by atoms with van der Waals surface area (Å²) in [4.78, 5) is 23.0. The fourth-order valence-electron chi connectivity index (χ4n) is 4.96. The highest BCUT2D eigenvalue weighted by atomic mass is 32.2. The first-order valence-corrected chi connectivity index (χ1v) is 9.54. The van der Waals surface area contributed by atoms with Crippen LogP contribution in [0.3, 0.4) is 0 Å². The Bertz CT molecular complexity index is 638. The number of fused-ring (bicyclic) bond motifs is 8. The Morgan fingerprint density at radius 3 is 1.58 bits per heavy atom. The first-order chi connectivity index (χ1) is 11.5. The monoisotopic (exact) mass is 348 g/mol. The Morgan fingerprint density at radius 1 is 0.792 bits per heavy atom. The predicted molar refractivity (Wildman–Crippen MR) is 88.2 cm³/mol. The minimum atomic E-state index is -1.04. The summed E-state index contributed by atoms with van der Waals surface area (Å²) in [7, 11) is -1.04. The van der Waals surface area contributed by atoms with Crippen molar-refractivity contribution < 1.29 is 23.3 Å². The van der Waals surface area contributed by atoms with Gasteiger partial charge in [0.15, 0.2) is 0 Å². The van der Waals surface area contributed by atoms with Gasteiger partial charge in [-0.15, -0.1) is 0 Å². The van der Waals surface area contributed by atoms with Crippen LogP contribution in [0.1, 0.15) is 13.8 Å². The summed E-state index contributed by atoms with van der Waals surface area (Å²) < 4.78 is 24.1. The lowest BCUT2D eigenvalue weighted by molar-refractivity contribution is -0.156. The van der Waals surface area contributed by atoms with Crippen molar-refractivity contribution in [2.24, 2.45) is 23.7 Å². The lowest BCUT2D eigenvalue weighted by atomic mass is 9.62. The van der Waals surface area contributed by atoms with Crippen molar-refractivity contribution in [2.75, 3.05) is 0 Å². The minimum Gasteiger partial charge on any atom is -0.458 e. The smallest absolute Gasteiger partial charge is 0.303 e. The SMILES string of the molecule is CC(=O)OC1C=CC(OC(C)=O)C2C1[C@@H]1C3C=CC=CC3[C@@H]2S1=O. The van der Waals surface area contributed by atoms with Gasteiger partial charge in [-0.05, 0) is 24.0 Å². The molecule has 0 saturated carbocycles. The predicted octanol–water partition coefficient (Wildman–Crippen LogP) is 1.52. The molecule has 0 aromatic heterocycles. The van der Waals surface area contributed by atoms with Crippen molar-refractivity contribution in [1.29, 1.82) is 0 Å². The zero-order chi connectivity index (χ0) is 17.0. The van der Waals surface area contributed by atoms with Crippen LogP contribution in [0, 0.1) is 23.7 Å². The molecule has 2 aliphatic carbocycles. The second-order valence-electron chi connectivity index (χ2n) is 6.87. The molecule has 2 heterocycles. The molecule has 24 heavy (non-hydrogen) atoms. The summed E-state index contributed by atoms with van der Waals surface area (Å²) in [5.41, 5.74) is 0. The molecular formula is C18H20O5S. The van der Waals surface area contributed by atoms with E-state index in [4.69, 9.17) is 9.47 Å². The number of hydrogen-bond acceptors (Lipinski definition) is 5. The largest absolute Gasteiger partial charge is 0.458 e. The summed E-state index contributed by atoms with van der Waals surface area (Å²) in [6.45, 7) is 2.77. The van der Waals surface area contributed by atoms with E-state index in [9.17, 15) is 13.8 Å². The highest BCUT2D eigenvalue weighted by molar-refractivity contribution is 7.87. The molecule has 8 atom stereocenters. The van der Waals surface area contributed by atoms with Crippen molar-refractivity contribution in [1.82, 2.24) is 0 Å². The van der Waals surface area contributed by atoms with Gasteiger partial charge in [0, 0.05) is 47.0 Å². The summed E-state index contributed by atoms with van der Waals surface area (Å²) >= 11 is 0. The van der Waals surface area contributed by atoms with Crippen molar-refractivity contribution >= 4 is 22.7 Å². The molecule has 4 rings (SSSR count). The summed E-state index contributed by atoms with van der Waals surface area (Å²) in [6.07, 6.45) is 11.0. The van der Waals surface area contributed by atoms with Gasteiger partial charge in [0.05, 0.1) is 0 Å². The maximum Gasteiger partial charge on any atom is 0.303 e. The molecule has 2 saturated heterocycles. The third kappa shape index (κ3) is 2.23. The van der Waals surface area contributed by atoms with Crippen molar-refractivity contribution in [2.45, 2.75) is 36.6 Å². The van der Waals surface area contributed by atoms with Crippen LogP contribution >= 0.6 is 0 Å². The Morgan fingerprint density at radius 2 is 1.21 bits per heavy atom. The Hall–Kier alpha value is -1.69. The van der Waals surface area contributed by atoms with E-state index in [1.807, 2.05) is 12.2 Å². The summed E-state index contributed by atoms with van der Waals surface area (Å²) in [5.74, 6) is -0.454. The fraction of sp³-hybridized carbons (Fsp3) is 0.556. The van der Waals surface area contributed by atoms with E-state index in [0.717, 1.165) is 0 Å². The van der Waals surface area contributed by atoms with Crippen LogP contribution in [0.25, 0.3) is 0 Å². The van der Waals surface area contributed by atoms with Crippen molar-refractivity contribution in [3.63, 3.8) is 0 Å². The van der Waals surface area contributed by atoms with Gasteiger partial charge in [-0.2, -0.15) is 0 Å². The molecule has 0 aromatic rings. The molecule has 128 valence electrons. The number of allylic oxidation sites excluding steroid dienone is 4. The molecule has 2 bridgehead atoms. The number of rotatable bonds is 2. The van der Waals surface area contributed by atoms with Gasteiger partial charge in [0.2, 0.25) is 0 Å². The maximum atomic E-state index is 13.1. The van der Waals surface area contributed by atoms with E-state index in [1.54, 1.807) is 12.2 Å². The Kier molecular flexibility index (Phi) is 3.75. The maximum absolute atomic E-state index is 13.1. The van der Waals surface area contributed by atoms with E-state index in [1.165, 1.54) is 13.8 Å². The van der Waals surface area contributed by atoms with Crippen molar-refractivity contribution in [3.05, 3.63) is 36.5 Å². The van der Waals surface area contributed by atoms with Gasteiger partial charge in [0.25, 0.3) is 0 Å². The molecule has 6 unspecified atom stereocenters. The second kappa shape index (κ2) is 5.69. The third-order valence-electron chi connectivity index (χ3n) is 5.57. The third-order valence-corrected chi connectivity index (χ3v) is 7.90. The Labute approximate surface area is 143 Å².